The fraction of sp³-hybridized carbons (Fsp3) is 0.368. The van der Waals surface area contributed by atoms with Crippen LogP contribution < -0.4 is 0 Å². The Balaban J connectivity index is 1.51. The molecule has 4 rings (SSSR count). The normalized spacial score (nSPS) is 18.7. The Morgan fingerprint density at radius 3 is 3.00 bits per heavy atom. The number of nitrogens with zero attached hydrogens (tertiary/aromatic N) is 4. The van der Waals surface area contributed by atoms with E-state index in [0.29, 0.717) is 6.04 Å². The Kier molecular flexibility index (Phi) is 3.83. The van der Waals surface area contributed by atoms with Gasteiger partial charge in [-0.15, -0.1) is 0 Å². The highest BCUT2D eigenvalue weighted by atomic mass is 15.3. The summed E-state index contributed by atoms with van der Waals surface area (Å²) in [5.41, 5.74) is 3.77. The highest BCUT2D eigenvalue weighted by Gasteiger charge is 2.25. The molecule has 0 amide bonds. The van der Waals surface area contributed by atoms with Crippen molar-refractivity contribution in [1.29, 1.82) is 0 Å². The number of benzene rings is 1. The molecular formula is C19H22N4. The number of likely N-dealkylation sites (tertiary alicyclic amines) is 1. The molecule has 1 aromatic carbocycles. The lowest BCUT2D eigenvalue weighted by molar-refractivity contribution is 0.241. The van der Waals surface area contributed by atoms with Crippen molar-refractivity contribution in [1.82, 2.24) is 19.7 Å². The maximum absolute atomic E-state index is 4.48. The second-order valence-electron chi connectivity index (χ2n) is 6.45. The lowest BCUT2D eigenvalue weighted by Crippen LogP contribution is -2.31. The van der Waals surface area contributed by atoms with Crippen LogP contribution in [-0.4, -0.2) is 32.3 Å². The first-order valence-electron chi connectivity index (χ1n) is 8.34. The average molecular weight is 306 g/mol. The van der Waals surface area contributed by atoms with Crippen molar-refractivity contribution in [3.05, 3.63) is 60.0 Å². The quantitative estimate of drug-likeness (QED) is 0.742. The van der Waals surface area contributed by atoms with E-state index < -0.39 is 0 Å². The third-order valence-corrected chi connectivity index (χ3v) is 4.92. The molecule has 23 heavy (non-hydrogen) atoms. The Morgan fingerprint density at radius 1 is 1.17 bits per heavy atom. The summed E-state index contributed by atoms with van der Waals surface area (Å²) in [6.45, 7) is 2.19. The van der Waals surface area contributed by atoms with Crippen molar-refractivity contribution >= 4 is 10.9 Å². The fourth-order valence-corrected chi connectivity index (χ4v) is 3.62. The van der Waals surface area contributed by atoms with Gasteiger partial charge in [-0.3, -0.25) is 14.6 Å². The molecule has 0 spiro atoms. The molecule has 1 aliphatic heterocycles. The number of fused-ring (bicyclic) bond motifs is 1. The van der Waals surface area contributed by atoms with Crippen LogP contribution in [0.1, 0.15) is 24.1 Å². The summed E-state index contributed by atoms with van der Waals surface area (Å²) in [4.78, 5) is 7.09. The van der Waals surface area contributed by atoms with Crippen LogP contribution in [0, 0.1) is 0 Å². The van der Waals surface area contributed by atoms with Gasteiger partial charge in [0.05, 0.1) is 5.52 Å². The summed E-state index contributed by atoms with van der Waals surface area (Å²) in [5.74, 6) is 0. The second kappa shape index (κ2) is 6.13. The minimum atomic E-state index is 0.616. The van der Waals surface area contributed by atoms with Crippen LogP contribution in [0.5, 0.6) is 0 Å². The van der Waals surface area contributed by atoms with Gasteiger partial charge < -0.3 is 0 Å². The van der Waals surface area contributed by atoms with Crippen LogP contribution in [0.25, 0.3) is 10.9 Å². The molecule has 118 valence electrons. The summed E-state index contributed by atoms with van der Waals surface area (Å²) < 4.78 is 2.00. The van der Waals surface area contributed by atoms with Crippen molar-refractivity contribution in [3.8, 4) is 0 Å². The molecule has 0 N–H and O–H groups in total. The standard InChI is InChI=1S/C19H22N4/c1-22-17(8-10-21-22)13-18-5-3-11-23(18)14-15-6-7-16-4-2-9-20-19(16)12-15/h2,4,6-10,12,18H,3,5,11,13-14H2,1H3/t18-/m0/s1. The van der Waals surface area contributed by atoms with Crippen molar-refractivity contribution in [2.75, 3.05) is 6.54 Å². The van der Waals surface area contributed by atoms with E-state index in [2.05, 4.69) is 45.3 Å². The Morgan fingerprint density at radius 2 is 2.13 bits per heavy atom. The van der Waals surface area contributed by atoms with Gasteiger partial charge in [0.15, 0.2) is 0 Å². The van der Waals surface area contributed by atoms with E-state index in [1.54, 1.807) is 0 Å². The minimum absolute atomic E-state index is 0.616. The molecule has 4 heteroatoms. The third-order valence-electron chi connectivity index (χ3n) is 4.92. The molecule has 1 fully saturated rings. The molecule has 0 radical (unpaired) electrons. The van der Waals surface area contributed by atoms with E-state index >= 15 is 0 Å². The van der Waals surface area contributed by atoms with E-state index in [0.717, 1.165) is 18.5 Å². The number of hydrogen-bond donors (Lipinski definition) is 0. The molecule has 0 bridgehead atoms. The van der Waals surface area contributed by atoms with Crippen LogP contribution in [-0.2, 0) is 20.0 Å². The SMILES string of the molecule is Cn1nccc1C[C@@H]1CCCN1Cc1ccc2cccnc2c1. The molecule has 3 heterocycles. The molecule has 0 aliphatic carbocycles. The second-order valence-corrected chi connectivity index (χ2v) is 6.45. The predicted octanol–water partition coefficient (Wildman–Crippen LogP) is 3.18. The summed E-state index contributed by atoms with van der Waals surface area (Å²) in [6, 6.07) is 13.5. The Bertz CT molecular complexity index is 808. The first kappa shape index (κ1) is 14.4. The van der Waals surface area contributed by atoms with E-state index in [9.17, 15) is 0 Å². The summed E-state index contributed by atoms with van der Waals surface area (Å²) in [7, 11) is 2.03. The van der Waals surface area contributed by atoms with Crippen LogP contribution in [0.4, 0.5) is 0 Å². The highest BCUT2D eigenvalue weighted by molar-refractivity contribution is 5.78. The van der Waals surface area contributed by atoms with Gasteiger partial charge in [0, 0.05) is 49.5 Å². The maximum Gasteiger partial charge on any atom is 0.0705 e. The van der Waals surface area contributed by atoms with Crippen molar-refractivity contribution in [2.45, 2.75) is 31.8 Å². The first-order chi connectivity index (χ1) is 11.3. The molecule has 0 saturated carbocycles. The zero-order valence-electron chi connectivity index (χ0n) is 13.5. The predicted molar refractivity (Wildman–Crippen MR) is 92.1 cm³/mol. The third kappa shape index (κ3) is 2.99. The maximum atomic E-state index is 4.48. The topological polar surface area (TPSA) is 34.0 Å². The van der Waals surface area contributed by atoms with E-state index in [1.165, 1.54) is 36.0 Å². The van der Waals surface area contributed by atoms with Crippen molar-refractivity contribution < 1.29 is 0 Å². The number of hydrogen-bond acceptors (Lipinski definition) is 3. The number of aromatic nitrogens is 3. The van der Waals surface area contributed by atoms with Gasteiger partial charge in [0.2, 0.25) is 0 Å². The summed E-state index contributed by atoms with van der Waals surface area (Å²) in [6.07, 6.45) is 7.41. The smallest absolute Gasteiger partial charge is 0.0705 e. The molecule has 4 nitrogen and oxygen atoms in total. The summed E-state index contributed by atoms with van der Waals surface area (Å²) in [5, 5.41) is 5.50. The minimum Gasteiger partial charge on any atom is -0.296 e. The fourth-order valence-electron chi connectivity index (χ4n) is 3.62. The molecule has 1 atom stereocenters. The van der Waals surface area contributed by atoms with Gasteiger partial charge in [-0.2, -0.15) is 5.10 Å². The first-order valence-corrected chi connectivity index (χ1v) is 8.34. The Hall–Kier alpha value is -2.20. The van der Waals surface area contributed by atoms with Crippen LogP contribution in [0.3, 0.4) is 0 Å². The van der Waals surface area contributed by atoms with Gasteiger partial charge in [-0.1, -0.05) is 18.2 Å². The van der Waals surface area contributed by atoms with Gasteiger partial charge in [0.25, 0.3) is 0 Å². The van der Waals surface area contributed by atoms with E-state index in [1.807, 2.05) is 30.2 Å². The number of rotatable bonds is 4. The number of aryl methyl sites for hydroxylation is 1. The van der Waals surface area contributed by atoms with E-state index in [4.69, 9.17) is 0 Å². The Labute approximate surface area is 136 Å². The van der Waals surface area contributed by atoms with Gasteiger partial charge >= 0.3 is 0 Å². The van der Waals surface area contributed by atoms with Gasteiger partial charge in [-0.25, -0.2) is 0 Å². The molecular weight excluding hydrogens is 284 g/mol. The lowest BCUT2D eigenvalue weighted by atomic mass is 10.1. The molecule has 1 saturated heterocycles. The van der Waals surface area contributed by atoms with Gasteiger partial charge in [-0.05, 0) is 43.1 Å². The molecule has 0 unspecified atom stereocenters. The van der Waals surface area contributed by atoms with Crippen molar-refractivity contribution in [3.63, 3.8) is 0 Å². The van der Waals surface area contributed by atoms with Crippen LogP contribution in [0.2, 0.25) is 0 Å². The number of pyridine rings is 1. The molecule has 1 aliphatic rings. The zero-order chi connectivity index (χ0) is 15.6. The molecule has 2 aromatic heterocycles. The summed E-state index contributed by atoms with van der Waals surface area (Å²) >= 11 is 0. The average Bonchev–Trinajstić information content (AvgIpc) is 3.17. The van der Waals surface area contributed by atoms with Crippen LogP contribution >= 0.6 is 0 Å². The largest absolute Gasteiger partial charge is 0.296 e. The lowest BCUT2D eigenvalue weighted by Gasteiger charge is -2.24. The van der Waals surface area contributed by atoms with Crippen molar-refractivity contribution in [2.24, 2.45) is 7.05 Å². The van der Waals surface area contributed by atoms with E-state index in [-0.39, 0.29) is 0 Å². The zero-order valence-corrected chi connectivity index (χ0v) is 13.5. The monoisotopic (exact) mass is 306 g/mol. The molecule has 3 aromatic rings. The van der Waals surface area contributed by atoms with Gasteiger partial charge in [0.1, 0.15) is 0 Å². The van der Waals surface area contributed by atoms with Crippen LogP contribution in [0.15, 0.2) is 48.8 Å². The highest BCUT2D eigenvalue weighted by Crippen LogP contribution is 2.24.